The summed E-state index contributed by atoms with van der Waals surface area (Å²) in [6.07, 6.45) is 0.753. The molecule has 204 valence electrons. The Labute approximate surface area is 226 Å². The van der Waals surface area contributed by atoms with Gasteiger partial charge in [0.15, 0.2) is 5.41 Å². The van der Waals surface area contributed by atoms with E-state index in [1.54, 1.807) is 60.6 Å². The standard InChI is InChI=1S/C32H40O6/c1-10-18-31(27(33)38-30(7,8)9)24-17-16-22(6)19-25(24)32(28(34)36-20(2)3,29(35)37-21(4)5)26(31)23-14-12-11-13-15-23/h10-17,19-21,26H,1,18H2,2-9H3/t26-,31-/m0/s1. The molecule has 3 rings (SSSR count). The molecular weight excluding hydrogens is 480 g/mol. The first kappa shape index (κ1) is 29.2. The van der Waals surface area contributed by atoms with Crippen LogP contribution in [0.5, 0.6) is 0 Å². The van der Waals surface area contributed by atoms with Gasteiger partial charge in [-0.3, -0.25) is 14.4 Å². The third kappa shape index (κ3) is 5.01. The second-order valence-corrected chi connectivity index (χ2v) is 11.6. The number of carbonyl (C=O) groups is 3. The number of benzene rings is 2. The first-order chi connectivity index (χ1) is 17.7. The normalized spacial score (nSPS) is 20.1. The molecule has 0 saturated heterocycles. The van der Waals surface area contributed by atoms with E-state index in [0.717, 1.165) is 5.56 Å². The summed E-state index contributed by atoms with van der Waals surface area (Å²) in [5, 5.41) is 0. The minimum atomic E-state index is -1.96. The first-order valence-corrected chi connectivity index (χ1v) is 13.1. The molecule has 2 aromatic carbocycles. The van der Waals surface area contributed by atoms with Gasteiger partial charge in [-0.15, -0.1) is 6.58 Å². The molecule has 0 unspecified atom stereocenters. The Hall–Kier alpha value is -3.41. The molecule has 0 fully saturated rings. The van der Waals surface area contributed by atoms with Gasteiger partial charge in [-0.25, -0.2) is 0 Å². The van der Waals surface area contributed by atoms with Crippen LogP contribution in [0.2, 0.25) is 0 Å². The molecular formula is C32H40O6. The number of ether oxygens (including phenoxy) is 3. The maximum Gasteiger partial charge on any atom is 0.329 e. The lowest BCUT2D eigenvalue weighted by molar-refractivity contribution is -0.173. The molecule has 2 atom stereocenters. The average Bonchev–Trinajstić information content (AvgIpc) is 3.05. The minimum Gasteiger partial charge on any atom is -0.462 e. The zero-order chi connectivity index (χ0) is 28.5. The summed E-state index contributed by atoms with van der Waals surface area (Å²) in [4.78, 5) is 43.1. The van der Waals surface area contributed by atoms with Crippen molar-refractivity contribution in [1.82, 2.24) is 0 Å². The molecule has 6 heteroatoms. The molecule has 0 aliphatic heterocycles. The Kier molecular flexibility index (Phi) is 8.25. The fourth-order valence-corrected chi connectivity index (χ4v) is 5.52. The number of carbonyl (C=O) groups excluding carboxylic acids is 3. The van der Waals surface area contributed by atoms with Gasteiger partial charge in [0.25, 0.3) is 0 Å². The summed E-state index contributed by atoms with van der Waals surface area (Å²) in [5.74, 6) is -3.07. The van der Waals surface area contributed by atoms with Gasteiger partial charge >= 0.3 is 17.9 Å². The van der Waals surface area contributed by atoms with Crippen molar-refractivity contribution in [2.45, 2.75) is 96.4 Å². The number of aryl methyl sites for hydroxylation is 1. The summed E-state index contributed by atoms with van der Waals surface area (Å²) in [5.41, 5.74) is -1.85. The number of hydrogen-bond donors (Lipinski definition) is 0. The zero-order valence-electron chi connectivity index (χ0n) is 23.8. The van der Waals surface area contributed by atoms with Crippen LogP contribution in [-0.4, -0.2) is 35.7 Å². The third-order valence-electron chi connectivity index (χ3n) is 6.70. The Morgan fingerprint density at radius 3 is 1.92 bits per heavy atom. The average molecular weight is 521 g/mol. The summed E-state index contributed by atoms with van der Waals surface area (Å²) in [6.45, 7) is 18.1. The predicted molar refractivity (Wildman–Crippen MR) is 147 cm³/mol. The van der Waals surface area contributed by atoms with Crippen LogP contribution in [0, 0.1) is 6.92 Å². The highest BCUT2D eigenvalue weighted by Gasteiger charge is 2.72. The van der Waals surface area contributed by atoms with Crippen molar-refractivity contribution in [3.05, 3.63) is 83.4 Å². The second-order valence-electron chi connectivity index (χ2n) is 11.6. The van der Waals surface area contributed by atoms with Crippen molar-refractivity contribution in [3.8, 4) is 0 Å². The van der Waals surface area contributed by atoms with Crippen molar-refractivity contribution in [2.75, 3.05) is 0 Å². The van der Waals surface area contributed by atoms with Gasteiger partial charge in [0.05, 0.1) is 12.2 Å². The molecule has 38 heavy (non-hydrogen) atoms. The fourth-order valence-electron chi connectivity index (χ4n) is 5.52. The highest BCUT2D eigenvalue weighted by molar-refractivity contribution is 6.12. The number of allylic oxidation sites excluding steroid dienone is 1. The monoisotopic (exact) mass is 520 g/mol. The van der Waals surface area contributed by atoms with Crippen molar-refractivity contribution in [1.29, 1.82) is 0 Å². The number of hydrogen-bond acceptors (Lipinski definition) is 6. The van der Waals surface area contributed by atoms with Gasteiger partial charge in [-0.1, -0.05) is 60.2 Å². The number of esters is 3. The largest absolute Gasteiger partial charge is 0.462 e. The van der Waals surface area contributed by atoms with Gasteiger partial charge < -0.3 is 14.2 Å². The molecule has 0 bridgehead atoms. The summed E-state index contributed by atoms with van der Waals surface area (Å²) < 4.78 is 17.7. The molecule has 1 aliphatic rings. The molecule has 0 aromatic heterocycles. The lowest BCUT2D eigenvalue weighted by atomic mass is 9.61. The maximum atomic E-state index is 14.4. The summed E-state index contributed by atoms with van der Waals surface area (Å²) >= 11 is 0. The second kappa shape index (κ2) is 10.8. The molecule has 0 saturated carbocycles. The molecule has 2 aromatic rings. The van der Waals surface area contributed by atoms with Crippen LogP contribution in [-0.2, 0) is 39.4 Å². The Balaban J connectivity index is 2.57. The lowest BCUT2D eigenvalue weighted by Crippen LogP contribution is -2.55. The van der Waals surface area contributed by atoms with E-state index in [1.165, 1.54) is 0 Å². The van der Waals surface area contributed by atoms with Gasteiger partial charge in [0.1, 0.15) is 11.0 Å². The smallest absolute Gasteiger partial charge is 0.329 e. The molecule has 0 amide bonds. The van der Waals surface area contributed by atoms with Crippen LogP contribution in [0.15, 0.2) is 61.2 Å². The van der Waals surface area contributed by atoms with E-state index in [2.05, 4.69) is 6.58 Å². The Morgan fingerprint density at radius 2 is 1.45 bits per heavy atom. The minimum absolute atomic E-state index is 0.128. The molecule has 0 N–H and O–H groups in total. The van der Waals surface area contributed by atoms with Gasteiger partial charge in [0, 0.05) is 5.92 Å². The highest BCUT2D eigenvalue weighted by Crippen LogP contribution is 2.62. The van der Waals surface area contributed by atoms with Crippen molar-refractivity contribution < 1.29 is 28.6 Å². The van der Waals surface area contributed by atoms with Crippen LogP contribution in [0.3, 0.4) is 0 Å². The van der Waals surface area contributed by atoms with Gasteiger partial charge in [0.2, 0.25) is 0 Å². The molecule has 0 spiro atoms. The predicted octanol–water partition coefficient (Wildman–Crippen LogP) is 6.09. The van der Waals surface area contributed by atoms with Crippen molar-refractivity contribution >= 4 is 17.9 Å². The van der Waals surface area contributed by atoms with E-state index >= 15 is 0 Å². The van der Waals surface area contributed by atoms with Crippen molar-refractivity contribution in [3.63, 3.8) is 0 Å². The maximum absolute atomic E-state index is 14.4. The number of rotatable bonds is 8. The Bertz CT molecular complexity index is 1180. The quantitative estimate of drug-likeness (QED) is 0.181. The van der Waals surface area contributed by atoms with Gasteiger partial charge in [-0.2, -0.15) is 0 Å². The summed E-state index contributed by atoms with van der Waals surface area (Å²) in [6, 6.07) is 14.6. The lowest BCUT2D eigenvalue weighted by Gasteiger charge is -2.41. The molecule has 0 heterocycles. The first-order valence-electron chi connectivity index (χ1n) is 13.1. The van der Waals surface area contributed by atoms with Crippen LogP contribution >= 0.6 is 0 Å². The number of fused-ring (bicyclic) bond motifs is 1. The van der Waals surface area contributed by atoms with E-state index in [9.17, 15) is 14.4 Å². The van der Waals surface area contributed by atoms with Crippen LogP contribution in [0.25, 0.3) is 0 Å². The van der Waals surface area contributed by atoms with Crippen LogP contribution in [0.4, 0.5) is 0 Å². The molecule has 0 radical (unpaired) electrons. The van der Waals surface area contributed by atoms with E-state index in [1.807, 2.05) is 49.4 Å². The fraction of sp³-hybridized carbons (Fsp3) is 0.469. The van der Waals surface area contributed by atoms with E-state index in [-0.39, 0.29) is 6.42 Å². The summed E-state index contributed by atoms with van der Waals surface area (Å²) in [7, 11) is 0. The third-order valence-corrected chi connectivity index (χ3v) is 6.70. The van der Waals surface area contributed by atoms with Crippen LogP contribution < -0.4 is 0 Å². The molecule has 6 nitrogen and oxygen atoms in total. The Morgan fingerprint density at radius 1 is 0.895 bits per heavy atom. The molecule has 1 aliphatic carbocycles. The zero-order valence-corrected chi connectivity index (χ0v) is 23.8. The van der Waals surface area contributed by atoms with Crippen molar-refractivity contribution in [2.24, 2.45) is 0 Å². The van der Waals surface area contributed by atoms with E-state index in [4.69, 9.17) is 14.2 Å². The van der Waals surface area contributed by atoms with Crippen LogP contribution in [0.1, 0.15) is 83.1 Å². The SMILES string of the molecule is C=CC[C@]1(C(=O)OC(C)(C)C)c2ccc(C)cc2C(C(=O)OC(C)C)(C(=O)OC(C)C)[C@H]1c1ccccc1. The topological polar surface area (TPSA) is 78.9 Å². The van der Waals surface area contributed by atoms with E-state index < -0.39 is 52.5 Å². The van der Waals surface area contributed by atoms with Gasteiger partial charge in [-0.05, 0) is 78.5 Å². The highest BCUT2D eigenvalue weighted by atomic mass is 16.6. The van der Waals surface area contributed by atoms with E-state index in [0.29, 0.717) is 16.7 Å².